The van der Waals surface area contributed by atoms with Crippen LogP contribution in [0.5, 0.6) is 0 Å². The van der Waals surface area contributed by atoms with Crippen LogP contribution in [0.25, 0.3) is 0 Å². The first-order valence-electron chi connectivity index (χ1n) is 7.00. The van der Waals surface area contributed by atoms with Crippen LogP contribution in [0, 0.1) is 5.92 Å². The van der Waals surface area contributed by atoms with Crippen LogP contribution in [0.1, 0.15) is 23.2 Å². The number of carbonyl (C=O) groups excluding carboxylic acids is 2. The fraction of sp³-hybridized carbons (Fsp3) is 0.571. The van der Waals surface area contributed by atoms with E-state index in [0.29, 0.717) is 11.6 Å². The maximum absolute atomic E-state index is 12.0. The van der Waals surface area contributed by atoms with Gasteiger partial charge in [-0.2, -0.15) is 0 Å². The van der Waals surface area contributed by atoms with Gasteiger partial charge in [0.15, 0.2) is 0 Å². The lowest BCUT2D eigenvalue weighted by molar-refractivity contribution is -0.123. The van der Waals surface area contributed by atoms with Gasteiger partial charge in [0, 0.05) is 25.0 Å². The quantitative estimate of drug-likeness (QED) is 0.862. The zero-order valence-electron chi connectivity index (χ0n) is 11.3. The van der Waals surface area contributed by atoms with Gasteiger partial charge in [-0.1, -0.05) is 0 Å². The lowest BCUT2D eigenvalue weighted by Gasteiger charge is -2.47. The van der Waals surface area contributed by atoms with Gasteiger partial charge >= 0.3 is 0 Å². The van der Waals surface area contributed by atoms with E-state index in [2.05, 4.69) is 4.90 Å². The van der Waals surface area contributed by atoms with Gasteiger partial charge in [0.25, 0.3) is 5.91 Å². The molecular formula is C14H19N3O3. The van der Waals surface area contributed by atoms with E-state index in [9.17, 15) is 9.59 Å². The molecule has 0 atom stereocenters. The molecule has 2 saturated heterocycles. The molecule has 2 aliphatic heterocycles. The second-order valence-electron chi connectivity index (χ2n) is 5.59. The molecule has 0 unspecified atom stereocenters. The van der Waals surface area contributed by atoms with Crippen LogP contribution in [0.15, 0.2) is 23.0 Å². The second-order valence-corrected chi connectivity index (χ2v) is 5.59. The number of furan rings is 1. The van der Waals surface area contributed by atoms with Crippen molar-refractivity contribution in [2.75, 3.05) is 26.2 Å². The van der Waals surface area contributed by atoms with Gasteiger partial charge in [-0.3, -0.25) is 14.5 Å². The summed E-state index contributed by atoms with van der Waals surface area (Å²) in [7, 11) is 0. The van der Waals surface area contributed by atoms with Gasteiger partial charge in [0.1, 0.15) is 6.26 Å². The largest absolute Gasteiger partial charge is 0.472 e. The van der Waals surface area contributed by atoms with E-state index >= 15 is 0 Å². The normalized spacial score (nSPS) is 21.7. The first-order valence-corrected chi connectivity index (χ1v) is 7.00. The number of primary amides is 1. The number of nitrogens with zero attached hydrogens (tertiary/aromatic N) is 2. The molecule has 0 radical (unpaired) electrons. The number of likely N-dealkylation sites (tertiary alicyclic amines) is 2. The van der Waals surface area contributed by atoms with Crippen LogP contribution < -0.4 is 5.73 Å². The number of piperidine rings is 1. The Hall–Kier alpha value is -1.82. The minimum absolute atomic E-state index is 0.0231. The molecule has 1 aromatic rings. The van der Waals surface area contributed by atoms with E-state index in [1.807, 2.05) is 4.90 Å². The zero-order chi connectivity index (χ0) is 14.1. The minimum atomic E-state index is -0.185. The molecule has 6 heteroatoms. The van der Waals surface area contributed by atoms with Crippen molar-refractivity contribution in [1.29, 1.82) is 0 Å². The summed E-state index contributed by atoms with van der Waals surface area (Å²) in [6.07, 6.45) is 4.66. The Bertz CT molecular complexity index is 486. The predicted octanol–water partition coefficient (Wildman–Crippen LogP) is 0.301. The zero-order valence-corrected chi connectivity index (χ0v) is 11.3. The van der Waals surface area contributed by atoms with Gasteiger partial charge in [0.2, 0.25) is 5.91 Å². The molecule has 1 aromatic heterocycles. The average Bonchev–Trinajstić information content (AvgIpc) is 2.91. The van der Waals surface area contributed by atoms with Crippen molar-refractivity contribution in [2.45, 2.75) is 18.9 Å². The lowest BCUT2D eigenvalue weighted by Crippen LogP contribution is -2.62. The molecule has 0 aliphatic carbocycles. The maximum atomic E-state index is 12.0. The molecule has 2 amide bonds. The highest BCUT2D eigenvalue weighted by molar-refractivity contribution is 5.94. The molecule has 2 fully saturated rings. The van der Waals surface area contributed by atoms with Crippen LogP contribution in [0.4, 0.5) is 0 Å². The van der Waals surface area contributed by atoms with E-state index in [0.717, 1.165) is 39.0 Å². The average molecular weight is 277 g/mol. The van der Waals surface area contributed by atoms with Crippen molar-refractivity contribution in [2.24, 2.45) is 11.7 Å². The first kappa shape index (κ1) is 13.2. The highest BCUT2D eigenvalue weighted by atomic mass is 16.3. The van der Waals surface area contributed by atoms with Crippen molar-refractivity contribution in [3.63, 3.8) is 0 Å². The van der Waals surface area contributed by atoms with Crippen molar-refractivity contribution >= 4 is 11.8 Å². The van der Waals surface area contributed by atoms with Crippen LogP contribution in [0.3, 0.4) is 0 Å². The van der Waals surface area contributed by atoms with Gasteiger partial charge in [-0.25, -0.2) is 0 Å². The van der Waals surface area contributed by atoms with E-state index < -0.39 is 0 Å². The third kappa shape index (κ3) is 2.43. The molecule has 20 heavy (non-hydrogen) atoms. The van der Waals surface area contributed by atoms with Crippen molar-refractivity contribution in [3.05, 3.63) is 24.2 Å². The Labute approximate surface area is 117 Å². The molecule has 2 aliphatic rings. The van der Waals surface area contributed by atoms with Crippen molar-refractivity contribution < 1.29 is 14.0 Å². The molecule has 0 spiro atoms. The summed E-state index contributed by atoms with van der Waals surface area (Å²) in [5.74, 6) is -0.132. The third-order valence-electron chi connectivity index (χ3n) is 4.37. The summed E-state index contributed by atoms with van der Waals surface area (Å²) >= 11 is 0. The fourth-order valence-electron chi connectivity index (χ4n) is 2.97. The van der Waals surface area contributed by atoms with Crippen LogP contribution in [-0.4, -0.2) is 53.8 Å². The van der Waals surface area contributed by atoms with E-state index in [-0.39, 0.29) is 17.7 Å². The number of hydrogen-bond acceptors (Lipinski definition) is 4. The van der Waals surface area contributed by atoms with E-state index in [1.165, 1.54) is 12.5 Å². The Balaban J connectivity index is 1.47. The Kier molecular flexibility index (Phi) is 3.48. The Morgan fingerprint density at radius 2 is 1.95 bits per heavy atom. The second kappa shape index (κ2) is 5.28. The lowest BCUT2D eigenvalue weighted by atomic mass is 9.93. The summed E-state index contributed by atoms with van der Waals surface area (Å²) in [6.45, 7) is 3.30. The van der Waals surface area contributed by atoms with Gasteiger partial charge < -0.3 is 15.1 Å². The van der Waals surface area contributed by atoms with Crippen molar-refractivity contribution in [3.8, 4) is 0 Å². The standard InChI is InChI=1S/C14H19N3O3/c15-13(18)10-1-4-16(5-2-10)12-7-17(8-12)14(19)11-3-6-20-9-11/h3,6,9-10,12H,1-2,4-5,7-8H2,(H2,15,18). The molecule has 3 heterocycles. The van der Waals surface area contributed by atoms with E-state index in [1.54, 1.807) is 6.07 Å². The summed E-state index contributed by atoms with van der Waals surface area (Å²) < 4.78 is 4.93. The summed E-state index contributed by atoms with van der Waals surface area (Å²) in [5.41, 5.74) is 5.94. The molecule has 0 saturated carbocycles. The molecule has 0 aromatic carbocycles. The third-order valence-corrected chi connectivity index (χ3v) is 4.37. The summed E-state index contributed by atoms with van der Waals surface area (Å²) in [6, 6.07) is 2.10. The Morgan fingerprint density at radius 1 is 1.25 bits per heavy atom. The van der Waals surface area contributed by atoms with Crippen molar-refractivity contribution in [1.82, 2.24) is 9.80 Å². The highest BCUT2D eigenvalue weighted by Gasteiger charge is 2.37. The first-order chi connectivity index (χ1) is 9.65. The van der Waals surface area contributed by atoms with Crippen LogP contribution in [-0.2, 0) is 4.79 Å². The number of carbonyl (C=O) groups is 2. The van der Waals surface area contributed by atoms with Gasteiger partial charge in [-0.05, 0) is 32.0 Å². The molecule has 2 N–H and O–H groups in total. The van der Waals surface area contributed by atoms with Crippen LogP contribution >= 0.6 is 0 Å². The minimum Gasteiger partial charge on any atom is -0.472 e. The molecular weight excluding hydrogens is 258 g/mol. The number of amides is 2. The molecule has 6 nitrogen and oxygen atoms in total. The smallest absolute Gasteiger partial charge is 0.257 e. The molecule has 108 valence electrons. The predicted molar refractivity (Wildman–Crippen MR) is 71.9 cm³/mol. The Morgan fingerprint density at radius 3 is 2.50 bits per heavy atom. The number of hydrogen-bond donors (Lipinski definition) is 1. The SMILES string of the molecule is NC(=O)C1CCN(C2CN(C(=O)c3ccoc3)C2)CC1. The summed E-state index contributed by atoms with van der Waals surface area (Å²) in [4.78, 5) is 27.4. The van der Waals surface area contributed by atoms with Crippen LogP contribution in [0.2, 0.25) is 0 Å². The topological polar surface area (TPSA) is 79.8 Å². The number of nitrogens with two attached hydrogens (primary N) is 1. The van der Waals surface area contributed by atoms with Gasteiger partial charge in [-0.15, -0.1) is 0 Å². The summed E-state index contributed by atoms with van der Waals surface area (Å²) in [5, 5.41) is 0. The number of rotatable bonds is 3. The molecule has 3 rings (SSSR count). The highest BCUT2D eigenvalue weighted by Crippen LogP contribution is 2.24. The maximum Gasteiger partial charge on any atom is 0.257 e. The van der Waals surface area contributed by atoms with Gasteiger partial charge in [0.05, 0.1) is 11.8 Å². The fourth-order valence-corrected chi connectivity index (χ4v) is 2.97. The monoisotopic (exact) mass is 277 g/mol. The van der Waals surface area contributed by atoms with E-state index in [4.69, 9.17) is 10.2 Å². The molecule has 0 bridgehead atoms.